The topological polar surface area (TPSA) is 85.9 Å². The van der Waals surface area contributed by atoms with Crippen LogP contribution >= 0.6 is 0 Å². The van der Waals surface area contributed by atoms with Crippen LogP contribution < -0.4 is 20.1 Å². The Balaban J connectivity index is 1.58. The molecular weight excluding hydrogens is 360 g/mol. The number of hydrogen-bond donors (Lipinski definition) is 2. The monoisotopic (exact) mass is 386 g/mol. The lowest BCUT2D eigenvalue weighted by Gasteiger charge is -2.33. The minimum atomic E-state index is -0.601. The number of rotatable bonds is 3. The van der Waals surface area contributed by atoms with Crippen LogP contribution in [0.15, 0.2) is 29.5 Å². The summed E-state index contributed by atoms with van der Waals surface area (Å²) in [5, 5.41) is 5.52. The third-order valence-electron chi connectivity index (χ3n) is 6.04. The van der Waals surface area contributed by atoms with Crippen LogP contribution in [-0.2, 0) is 9.53 Å². The molecule has 7 nitrogen and oxygen atoms in total. The molecule has 150 valence electrons. The van der Waals surface area contributed by atoms with E-state index in [2.05, 4.69) is 24.5 Å². The number of urea groups is 1. The van der Waals surface area contributed by atoms with Crippen molar-refractivity contribution in [2.75, 3.05) is 6.79 Å². The van der Waals surface area contributed by atoms with Gasteiger partial charge in [-0.25, -0.2) is 9.59 Å². The fraction of sp³-hybridized carbons (Fsp3) is 0.524. The van der Waals surface area contributed by atoms with Gasteiger partial charge >= 0.3 is 12.0 Å². The number of esters is 1. The molecule has 4 atom stereocenters. The molecule has 2 amide bonds. The van der Waals surface area contributed by atoms with Gasteiger partial charge in [0.15, 0.2) is 11.5 Å². The molecule has 4 rings (SSSR count). The van der Waals surface area contributed by atoms with Gasteiger partial charge in [0.1, 0.15) is 6.10 Å². The van der Waals surface area contributed by atoms with Crippen molar-refractivity contribution >= 4 is 12.0 Å². The van der Waals surface area contributed by atoms with Gasteiger partial charge < -0.3 is 24.8 Å². The summed E-state index contributed by atoms with van der Waals surface area (Å²) in [5.41, 5.74) is 1.68. The van der Waals surface area contributed by atoms with E-state index in [1.807, 2.05) is 6.07 Å². The van der Waals surface area contributed by atoms with Crippen molar-refractivity contribution < 1.29 is 23.8 Å². The summed E-state index contributed by atoms with van der Waals surface area (Å²) >= 11 is 0. The molecule has 2 aliphatic heterocycles. The summed E-state index contributed by atoms with van der Waals surface area (Å²) < 4.78 is 16.6. The van der Waals surface area contributed by atoms with Crippen molar-refractivity contribution in [1.29, 1.82) is 0 Å². The quantitative estimate of drug-likeness (QED) is 0.778. The Kier molecular flexibility index (Phi) is 4.91. The van der Waals surface area contributed by atoms with E-state index in [1.165, 1.54) is 0 Å². The van der Waals surface area contributed by atoms with Crippen LogP contribution in [0.2, 0.25) is 0 Å². The maximum absolute atomic E-state index is 13.1. The molecule has 0 saturated heterocycles. The summed E-state index contributed by atoms with van der Waals surface area (Å²) in [4.78, 5) is 25.1. The molecule has 0 radical (unpaired) electrons. The summed E-state index contributed by atoms with van der Waals surface area (Å²) in [6.07, 6.45) is 2.71. The van der Waals surface area contributed by atoms with Crippen molar-refractivity contribution in [2.45, 2.75) is 52.2 Å². The molecule has 2 heterocycles. The Labute approximate surface area is 164 Å². The average molecular weight is 386 g/mol. The summed E-state index contributed by atoms with van der Waals surface area (Å²) in [6.45, 7) is 6.33. The maximum Gasteiger partial charge on any atom is 0.338 e. The molecule has 0 unspecified atom stereocenters. The van der Waals surface area contributed by atoms with Gasteiger partial charge in [-0.15, -0.1) is 0 Å². The van der Waals surface area contributed by atoms with E-state index in [-0.39, 0.29) is 24.9 Å². The second-order valence-electron chi connectivity index (χ2n) is 7.98. The lowest BCUT2D eigenvalue weighted by molar-refractivity contribution is -0.147. The van der Waals surface area contributed by atoms with E-state index in [9.17, 15) is 9.59 Å². The Bertz CT molecular complexity index is 834. The van der Waals surface area contributed by atoms with Crippen molar-refractivity contribution in [1.82, 2.24) is 10.6 Å². The number of fused-ring (bicyclic) bond motifs is 1. The van der Waals surface area contributed by atoms with E-state index in [0.717, 1.165) is 24.8 Å². The zero-order chi connectivity index (χ0) is 19.8. The van der Waals surface area contributed by atoms with Crippen LogP contribution in [0.3, 0.4) is 0 Å². The second-order valence-corrected chi connectivity index (χ2v) is 7.98. The maximum atomic E-state index is 13.1. The second kappa shape index (κ2) is 7.37. The van der Waals surface area contributed by atoms with Crippen molar-refractivity contribution in [3.8, 4) is 11.5 Å². The molecule has 1 aliphatic carbocycles. The molecule has 1 aromatic rings. The van der Waals surface area contributed by atoms with Crippen molar-refractivity contribution in [3.63, 3.8) is 0 Å². The van der Waals surface area contributed by atoms with Crippen LogP contribution in [0, 0.1) is 11.8 Å². The van der Waals surface area contributed by atoms with Crippen LogP contribution in [0.4, 0.5) is 4.79 Å². The number of carbonyl (C=O) groups excluding carboxylic acids is 2. The van der Waals surface area contributed by atoms with Gasteiger partial charge in [0.2, 0.25) is 6.79 Å². The van der Waals surface area contributed by atoms with Gasteiger partial charge in [-0.3, -0.25) is 0 Å². The summed E-state index contributed by atoms with van der Waals surface area (Å²) in [6, 6.07) is 4.46. The highest BCUT2D eigenvalue weighted by molar-refractivity contribution is 5.95. The minimum Gasteiger partial charge on any atom is -0.459 e. The van der Waals surface area contributed by atoms with Gasteiger partial charge in [0, 0.05) is 5.70 Å². The highest BCUT2D eigenvalue weighted by atomic mass is 16.7. The molecule has 1 fully saturated rings. The number of amides is 2. The van der Waals surface area contributed by atoms with Crippen molar-refractivity contribution in [2.24, 2.45) is 11.8 Å². The lowest BCUT2D eigenvalue weighted by Crippen LogP contribution is -2.45. The SMILES string of the molecule is CC1=C(C(=O)O[C@@H]2CC[C@H](C)[C@H](C)C2)[C@H](c2ccc3c(c2)OCO3)NC(=O)N1. The first kappa shape index (κ1) is 18.7. The van der Waals surface area contributed by atoms with Crippen LogP contribution in [0.5, 0.6) is 11.5 Å². The molecule has 2 N–H and O–H groups in total. The standard InChI is InChI=1S/C21H26N2O5/c1-11-4-6-15(8-12(11)2)28-20(24)18-13(3)22-21(25)23-19(18)14-5-7-16-17(9-14)27-10-26-16/h5,7,9,11-12,15,19H,4,6,8,10H2,1-3H3,(H2,22,23,25)/t11-,12+,15+,19-/m0/s1. The van der Waals surface area contributed by atoms with Gasteiger partial charge in [-0.1, -0.05) is 19.9 Å². The first-order valence-electron chi connectivity index (χ1n) is 9.81. The smallest absolute Gasteiger partial charge is 0.338 e. The largest absolute Gasteiger partial charge is 0.459 e. The van der Waals surface area contributed by atoms with E-state index in [1.54, 1.807) is 19.1 Å². The Morgan fingerprint density at radius 3 is 2.71 bits per heavy atom. The summed E-state index contributed by atoms with van der Waals surface area (Å²) in [5.74, 6) is 2.03. The lowest BCUT2D eigenvalue weighted by atomic mass is 9.80. The number of hydrogen-bond acceptors (Lipinski definition) is 5. The molecule has 0 spiro atoms. The zero-order valence-electron chi connectivity index (χ0n) is 16.4. The van der Waals surface area contributed by atoms with Gasteiger partial charge in [-0.2, -0.15) is 0 Å². The van der Waals surface area contributed by atoms with E-state index >= 15 is 0 Å². The molecule has 7 heteroatoms. The Morgan fingerprint density at radius 2 is 1.93 bits per heavy atom. The first-order valence-corrected chi connectivity index (χ1v) is 9.81. The number of allylic oxidation sites excluding steroid dienone is 1. The molecule has 28 heavy (non-hydrogen) atoms. The summed E-state index contributed by atoms with van der Waals surface area (Å²) in [7, 11) is 0. The predicted molar refractivity (Wildman–Crippen MR) is 102 cm³/mol. The van der Waals surface area contributed by atoms with E-state index < -0.39 is 6.04 Å². The van der Waals surface area contributed by atoms with Crippen LogP contribution in [0.25, 0.3) is 0 Å². The Hall–Kier alpha value is -2.70. The molecule has 0 aromatic heterocycles. The fourth-order valence-corrected chi connectivity index (χ4v) is 4.13. The number of nitrogens with one attached hydrogen (secondary N) is 2. The van der Waals surface area contributed by atoms with Gasteiger partial charge in [-0.05, 0) is 55.7 Å². The van der Waals surface area contributed by atoms with E-state index in [0.29, 0.717) is 34.6 Å². The number of benzene rings is 1. The van der Waals surface area contributed by atoms with Crippen LogP contribution in [0.1, 0.15) is 51.6 Å². The molecule has 1 saturated carbocycles. The minimum absolute atomic E-state index is 0.0889. The molecule has 3 aliphatic rings. The molecule has 0 bridgehead atoms. The molecular formula is C21H26N2O5. The third-order valence-corrected chi connectivity index (χ3v) is 6.04. The predicted octanol–water partition coefficient (Wildman–Crippen LogP) is 3.41. The van der Waals surface area contributed by atoms with Crippen molar-refractivity contribution in [3.05, 3.63) is 35.0 Å². The normalized spacial score (nSPS) is 29.2. The third kappa shape index (κ3) is 3.53. The highest BCUT2D eigenvalue weighted by Crippen LogP contribution is 2.38. The first-order chi connectivity index (χ1) is 13.4. The Morgan fingerprint density at radius 1 is 1.14 bits per heavy atom. The highest BCUT2D eigenvalue weighted by Gasteiger charge is 2.35. The number of ether oxygens (including phenoxy) is 3. The molecule has 1 aromatic carbocycles. The van der Waals surface area contributed by atoms with Crippen LogP contribution in [-0.4, -0.2) is 24.9 Å². The average Bonchev–Trinajstić information content (AvgIpc) is 3.11. The zero-order valence-corrected chi connectivity index (χ0v) is 16.4. The van der Waals surface area contributed by atoms with E-state index in [4.69, 9.17) is 14.2 Å². The van der Waals surface area contributed by atoms with Gasteiger partial charge in [0.05, 0.1) is 11.6 Å². The fourth-order valence-electron chi connectivity index (χ4n) is 4.13. The number of carbonyl (C=O) groups is 2. The van der Waals surface area contributed by atoms with Gasteiger partial charge in [0.25, 0.3) is 0 Å².